The van der Waals surface area contributed by atoms with Crippen molar-refractivity contribution in [3.8, 4) is 17.0 Å². The van der Waals surface area contributed by atoms with Crippen LogP contribution in [-0.4, -0.2) is 22.4 Å². The van der Waals surface area contributed by atoms with Crippen LogP contribution in [0.15, 0.2) is 48.7 Å². The molecule has 0 unspecified atom stereocenters. The molecule has 5 nitrogen and oxygen atoms in total. The lowest BCUT2D eigenvalue weighted by Crippen LogP contribution is -2.19. The number of pyridine rings is 1. The minimum Gasteiger partial charge on any atom is -0.497 e. The molecule has 1 amide bonds. The van der Waals surface area contributed by atoms with Crippen molar-refractivity contribution in [3.05, 3.63) is 48.7 Å². The number of fused-ring (bicyclic) bond motifs is 1. The van der Waals surface area contributed by atoms with Gasteiger partial charge in [-0.1, -0.05) is 32.0 Å². The number of rotatable bonds is 4. The van der Waals surface area contributed by atoms with Gasteiger partial charge in [0.15, 0.2) is 0 Å². The lowest BCUT2D eigenvalue weighted by atomic mass is 10.1. The summed E-state index contributed by atoms with van der Waals surface area (Å²) < 4.78 is 7.17. The summed E-state index contributed by atoms with van der Waals surface area (Å²) in [5.74, 6) is 1.27. The highest BCUT2D eigenvalue weighted by atomic mass is 16.5. The van der Waals surface area contributed by atoms with Gasteiger partial charge in [0.05, 0.1) is 7.11 Å². The molecule has 23 heavy (non-hydrogen) atoms. The van der Waals surface area contributed by atoms with Gasteiger partial charge in [0, 0.05) is 17.7 Å². The molecule has 118 valence electrons. The van der Waals surface area contributed by atoms with Crippen LogP contribution in [0.4, 0.5) is 5.82 Å². The normalized spacial score (nSPS) is 11.0. The Morgan fingerprint density at radius 3 is 2.78 bits per heavy atom. The number of aromatic nitrogens is 2. The third-order valence-corrected chi connectivity index (χ3v) is 3.64. The second-order valence-electron chi connectivity index (χ2n) is 5.61. The number of nitrogens with one attached hydrogen (secondary N) is 1. The molecule has 0 aliphatic heterocycles. The Labute approximate surface area is 134 Å². The summed E-state index contributed by atoms with van der Waals surface area (Å²) in [6, 6.07) is 13.4. The van der Waals surface area contributed by atoms with Crippen LogP contribution in [0.2, 0.25) is 0 Å². The summed E-state index contributed by atoms with van der Waals surface area (Å²) >= 11 is 0. The minimum absolute atomic E-state index is 0.0419. The molecule has 1 aromatic carbocycles. The van der Waals surface area contributed by atoms with E-state index in [0.717, 1.165) is 22.7 Å². The maximum absolute atomic E-state index is 12.2. The molecule has 0 radical (unpaired) electrons. The van der Waals surface area contributed by atoms with Gasteiger partial charge < -0.3 is 10.1 Å². The fourth-order valence-corrected chi connectivity index (χ4v) is 2.35. The molecule has 3 aromatic rings. The van der Waals surface area contributed by atoms with Gasteiger partial charge >= 0.3 is 0 Å². The van der Waals surface area contributed by atoms with Gasteiger partial charge in [-0.2, -0.15) is 0 Å². The molecule has 0 saturated heterocycles. The topological polar surface area (TPSA) is 55.6 Å². The van der Waals surface area contributed by atoms with E-state index in [9.17, 15) is 4.79 Å². The maximum atomic E-state index is 12.2. The summed E-state index contributed by atoms with van der Waals surface area (Å²) in [4.78, 5) is 16.8. The van der Waals surface area contributed by atoms with Crippen molar-refractivity contribution < 1.29 is 9.53 Å². The SMILES string of the molecule is COc1cccc(-c2nc3ccccn3c2NC(=O)C(C)C)c1. The van der Waals surface area contributed by atoms with Gasteiger partial charge in [0.1, 0.15) is 22.9 Å². The maximum Gasteiger partial charge on any atom is 0.228 e. The Balaban J connectivity index is 2.16. The quantitative estimate of drug-likeness (QED) is 0.801. The molecule has 2 aromatic heterocycles. The molecular formula is C18H19N3O2. The first-order valence-corrected chi connectivity index (χ1v) is 7.52. The van der Waals surface area contributed by atoms with Crippen LogP contribution in [0.3, 0.4) is 0 Å². The van der Waals surface area contributed by atoms with E-state index in [1.807, 2.05) is 66.9 Å². The Bertz CT molecular complexity index is 852. The summed E-state index contributed by atoms with van der Waals surface area (Å²) in [5.41, 5.74) is 2.40. The van der Waals surface area contributed by atoms with E-state index < -0.39 is 0 Å². The first kappa shape index (κ1) is 15.1. The average molecular weight is 309 g/mol. The predicted octanol–water partition coefficient (Wildman–Crippen LogP) is 3.60. The van der Waals surface area contributed by atoms with Crippen molar-refractivity contribution >= 4 is 17.4 Å². The molecule has 2 heterocycles. The van der Waals surface area contributed by atoms with E-state index in [1.165, 1.54) is 0 Å². The van der Waals surface area contributed by atoms with Crippen molar-refractivity contribution in [2.24, 2.45) is 5.92 Å². The van der Waals surface area contributed by atoms with Gasteiger partial charge in [-0.05, 0) is 24.3 Å². The zero-order chi connectivity index (χ0) is 16.4. The van der Waals surface area contributed by atoms with Gasteiger partial charge in [-0.15, -0.1) is 0 Å². The van der Waals surface area contributed by atoms with E-state index in [2.05, 4.69) is 10.3 Å². The van der Waals surface area contributed by atoms with Crippen LogP contribution in [-0.2, 0) is 4.79 Å². The standard InChI is InChI=1S/C18H19N3O2/c1-12(2)18(22)20-17-16(13-7-6-8-14(11-13)23-3)19-15-9-4-5-10-21(15)17/h4-12H,1-3H3,(H,20,22). The third-order valence-electron chi connectivity index (χ3n) is 3.64. The number of benzene rings is 1. The summed E-state index contributed by atoms with van der Waals surface area (Å²) in [6.45, 7) is 3.73. The molecule has 0 saturated carbocycles. The van der Waals surface area contributed by atoms with E-state index >= 15 is 0 Å². The number of ether oxygens (including phenoxy) is 1. The molecular weight excluding hydrogens is 290 g/mol. The number of imidazole rings is 1. The van der Waals surface area contributed by atoms with Gasteiger partial charge in [0.25, 0.3) is 0 Å². The smallest absolute Gasteiger partial charge is 0.228 e. The van der Waals surface area contributed by atoms with Crippen LogP contribution >= 0.6 is 0 Å². The molecule has 1 N–H and O–H groups in total. The lowest BCUT2D eigenvalue weighted by molar-refractivity contribution is -0.118. The molecule has 0 bridgehead atoms. The van der Waals surface area contributed by atoms with E-state index in [-0.39, 0.29) is 11.8 Å². The first-order valence-electron chi connectivity index (χ1n) is 7.52. The number of hydrogen-bond donors (Lipinski definition) is 1. The van der Waals surface area contributed by atoms with Crippen LogP contribution in [0, 0.1) is 5.92 Å². The molecule has 0 fully saturated rings. The Hall–Kier alpha value is -2.82. The average Bonchev–Trinajstić information content (AvgIpc) is 2.93. The summed E-state index contributed by atoms with van der Waals surface area (Å²) in [7, 11) is 1.63. The molecule has 5 heteroatoms. The monoisotopic (exact) mass is 309 g/mol. The summed E-state index contributed by atoms with van der Waals surface area (Å²) in [5, 5.41) is 2.99. The highest BCUT2D eigenvalue weighted by Crippen LogP contribution is 2.31. The third kappa shape index (κ3) is 2.90. The number of carbonyl (C=O) groups excluding carboxylic acids is 1. The Kier molecular flexibility index (Phi) is 4.02. The van der Waals surface area contributed by atoms with Crippen molar-refractivity contribution in [2.45, 2.75) is 13.8 Å². The zero-order valence-electron chi connectivity index (χ0n) is 13.4. The van der Waals surface area contributed by atoms with Crippen LogP contribution in [0.1, 0.15) is 13.8 Å². The first-order chi connectivity index (χ1) is 11.1. The zero-order valence-corrected chi connectivity index (χ0v) is 13.4. The van der Waals surface area contributed by atoms with Gasteiger partial charge in [-0.25, -0.2) is 4.98 Å². The van der Waals surface area contributed by atoms with Crippen LogP contribution < -0.4 is 10.1 Å². The van der Waals surface area contributed by atoms with Crippen molar-refractivity contribution in [2.75, 3.05) is 12.4 Å². The van der Waals surface area contributed by atoms with Crippen molar-refractivity contribution in [1.29, 1.82) is 0 Å². The Morgan fingerprint density at radius 1 is 1.22 bits per heavy atom. The second kappa shape index (κ2) is 6.12. The molecule has 0 atom stereocenters. The largest absolute Gasteiger partial charge is 0.497 e. The lowest BCUT2D eigenvalue weighted by Gasteiger charge is -2.10. The van der Waals surface area contributed by atoms with Crippen molar-refractivity contribution in [3.63, 3.8) is 0 Å². The van der Waals surface area contributed by atoms with Gasteiger partial charge in [0.2, 0.25) is 5.91 Å². The fourth-order valence-electron chi connectivity index (χ4n) is 2.35. The number of amides is 1. The van der Waals surface area contributed by atoms with Crippen LogP contribution in [0.5, 0.6) is 5.75 Å². The fraction of sp³-hybridized carbons (Fsp3) is 0.222. The second-order valence-corrected chi connectivity index (χ2v) is 5.61. The van der Waals surface area contributed by atoms with E-state index in [4.69, 9.17) is 4.74 Å². The minimum atomic E-state index is -0.109. The van der Waals surface area contributed by atoms with Crippen LogP contribution in [0.25, 0.3) is 16.9 Å². The van der Waals surface area contributed by atoms with E-state index in [1.54, 1.807) is 7.11 Å². The predicted molar refractivity (Wildman–Crippen MR) is 90.6 cm³/mol. The molecule has 0 spiro atoms. The van der Waals surface area contributed by atoms with Crippen molar-refractivity contribution in [1.82, 2.24) is 9.38 Å². The highest BCUT2D eigenvalue weighted by Gasteiger charge is 2.18. The number of hydrogen-bond acceptors (Lipinski definition) is 3. The number of methoxy groups -OCH3 is 1. The Morgan fingerprint density at radius 2 is 2.04 bits per heavy atom. The summed E-state index contributed by atoms with van der Waals surface area (Å²) in [6.07, 6.45) is 1.89. The molecule has 0 aliphatic carbocycles. The highest BCUT2D eigenvalue weighted by molar-refractivity contribution is 5.95. The molecule has 0 aliphatic rings. The number of carbonyl (C=O) groups is 1. The van der Waals surface area contributed by atoms with E-state index in [0.29, 0.717) is 5.82 Å². The number of anilines is 1. The molecule has 3 rings (SSSR count). The number of nitrogens with zero attached hydrogens (tertiary/aromatic N) is 2. The van der Waals surface area contributed by atoms with Gasteiger partial charge in [-0.3, -0.25) is 9.20 Å².